The Kier molecular flexibility index (Phi) is 4.88. The van der Waals surface area contributed by atoms with Crippen molar-refractivity contribution in [2.24, 2.45) is 5.92 Å². The highest BCUT2D eigenvalue weighted by molar-refractivity contribution is 6.01. The predicted octanol–water partition coefficient (Wildman–Crippen LogP) is 2.87. The number of carbonyl (C=O) groups excluding carboxylic acids is 2. The second kappa shape index (κ2) is 7.50. The number of rotatable bonds is 5. The summed E-state index contributed by atoms with van der Waals surface area (Å²) in [5.41, 5.74) is 2.42. The van der Waals surface area contributed by atoms with Gasteiger partial charge in [-0.3, -0.25) is 19.0 Å². The van der Waals surface area contributed by atoms with Gasteiger partial charge in [-0.05, 0) is 35.7 Å². The van der Waals surface area contributed by atoms with Crippen LogP contribution in [0.3, 0.4) is 0 Å². The van der Waals surface area contributed by atoms with E-state index in [0.29, 0.717) is 34.6 Å². The van der Waals surface area contributed by atoms with Gasteiger partial charge in [0.05, 0.1) is 29.7 Å². The van der Waals surface area contributed by atoms with Crippen molar-refractivity contribution in [3.63, 3.8) is 0 Å². The minimum absolute atomic E-state index is 0.116. The second-order valence-corrected chi connectivity index (χ2v) is 7.69. The van der Waals surface area contributed by atoms with Crippen molar-refractivity contribution in [2.75, 3.05) is 5.32 Å². The average molecular weight is 390 g/mol. The lowest BCUT2D eigenvalue weighted by Gasteiger charge is -2.13. The normalized spacial score (nSPS) is 15.4. The molecule has 2 amide bonds. The highest BCUT2D eigenvalue weighted by Crippen LogP contribution is 2.28. The first-order chi connectivity index (χ1) is 13.9. The lowest BCUT2D eigenvalue weighted by atomic mass is 10.0. The van der Waals surface area contributed by atoms with Crippen molar-refractivity contribution in [2.45, 2.75) is 32.9 Å². The zero-order valence-corrected chi connectivity index (χ0v) is 16.3. The maximum Gasteiger partial charge on any atom is 0.261 e. The average Bonchev–Trinajstić information content (AvgIpc) is 3.00. The Labute approximate surface area is 167 Å². The van der Waals surface area contributed by atoms with Crippen LogP contribution in [-0.2, 0) is 11.3 Å². The molecule has 1 aromatic heterocycles. The smallest absolute Gasteiger partial charge is 0.261 e. The van der Waals surface area contributed by atoms with Crippen LogP contribution in [0.1, 0.15) is 42.2 Å². The fourth-order valence-corrected chi connectivity index (χ4v) is 3.64. The van der Waals surface area contributed by atoms with Gasteiger partial charge in [0.2, 0.25) is 5.91 Å². The van der Waals surface area contributed by atoms with Crippen LogP contribution in [0.4, 0.5) is 5.69 Å². The summed E-state index contributed by atoms with van der Waals surface area (Å²) in [7, 11) is 0. The van der Waals surface area contributed by atoms with Gasteiger partial charge in [-0.15, -0.1) is 0 Å². The lowest BCUT2D eigenvalue weighted by molar-refractivity contribution is -0.116. The molecule has 1 atom stereocenters. The molecule has 4 rings (SSSR count). The minimum atomic E-state index is -0.357. The van der Waals surface area contributed by atoms with Gasteiger partial charge in [0.1, 0.15) is 0 Å². The van der Waals surface area contributed by atoms with Crippen molar-refractivity contribution in [1.29, 1.82) is 0 Å². The molecule has 0 fully saturated rings. The van der Waals surface area contributed by atoms with Crippen LogP contribution in [0.25, 0.3) is 10.9 Å². The highest BCUT2D eigenvalue weighted by Gasteiger charge is 2.29. The molecular weight excluding hydrogens is 368 g/mol. The minimum Gasteiger partial charge on any atom is -0.345 e. The molecule has 1 aliphatic rings. The summed E-state index contributed by atoms with van der Waals surface area (Å²) in [5, 5.41) is 6.13. The van der Waals surface area contributed by atoms with E-state index >= 15 is 0 Å². The van der Waals surface area contributed by atoms with E-state index in [1.807, 2.05) is 26.0 Å². The molecule has 0 aliphatic carbocycles. The van der Waals surface area contributed by atoms with Crippen LogP contribution in [0, 0.1) is 5.92 Å². The zero-order chi connectivity index (χ0) is 20.5. The molecule has 0 spiro atoms. The third-order valence-electron chi connectivity index (χ3n) is 4.95. The van der Waals surface area contributed by atoms with Crippen LogP contribution < -0.4 is 16.2 Å². The first-order valence-electron chi connectivity index (χ1n) is 9.61. The molecule has 7 nitrogen and oxygen atoms in total. The zero-order valence-electron chi connectivity index (χ0n) is 16.3. The number of amides is 2. The number of hydrogen-bond donors (Lipinski definition) is 2. The van der Waals surface area contributed by atoms with E-state index in [1.165, 1.54) is 0 Å². The van der Waals surface area contributed by atoms with Gasteiger partial charge in [-0.2, -0.15) is 0 Å². The Morgan fingerprint density at radius 3 is 2.79 bits per heavy atom. The van der Waals surface area contributed by atoms with E-state index in [1.54, 1.807) is 41.2 Å². The van der Waals surface area contributed by atoms with Crippen LogP contribution in [-0.4, -0.2) is 21.4 Å². The summed E-state index contributed by atoms with van der Waals surface area (Å²) in [6.45, 7) is 4.65. The predicted molar refractivity (Wildman–Crippen MR) is 111 cm³/mol. The summed E-state index contributed by atoms with van der Waals surface area (Å²) in [4.78, 5) is 41.6. The van der Waals surface area contributed by atoms with Gasteiger partial charge in [0.25, 0.3) is 11.5 Å². The standard InChI is InChI=1S/C22H22N4O3/c1-13(2)11-26-12-23-18-8-7-14(9-17(18)22(26)29)24-20(27)10-19-15-5-3-4-6-16(15)21(28)25-19/h3-9,12-13,19H,10-11H2,1-2H3,(H,24,27)(H,25,28). The Bertz CT molecular complexity index is 1170. The summed E-state index contributed by atoms with van der Waals surface area (Å²) in [6, 6.07) is 12.0. The van der Waals surface area contributed by atoms with Crippen molar-refractivity contribution >= 4 is 28.4 Å². The Morgan fingerprint density at radius 2 is 2.00 bits per heavy atom. The summed E-state index contributed by atoms with van der Waals surface area (Å²) >= 11 is 0. The number of anilines is 1. The topological polar surface area (TPSA) is 93.1 Å². The van der Waals surface area contributed by atoms with Gasteiger partial charge in [-0.1, -0.05) is 32.0 Å². The van der Waals surface area contributed by atoms with E-state index in [0.717, 1.165) is 5.56 Å². The first-order valence-corrected chi connectivity index (χ1v) is 9.61. The maximum atomic E-state index is 12.7. The fraction of sp³-hybridized carbons (Fsp3) is 0.273. The van der Waals surface area contributed by atoms with Gasteiger partial charge < -0.3 is 10.6 Å². The molecule has 29 heavy (non-hydrogen) atoms. The van der Waals surface area contributed by atoms with Crippen molar-refractivity contribution in [1.82, 2.24) is 14.9 Å². The third kappa shape index (κ3) is 3.76. The van der Waals surface area contributed by atoms with E-state index in [-0.39, 0.29) is 29.8 Å². The Hall–Kier alpha value is -3.48. The molecule has 2 aromatic carbocycles. The number of nitrogens with zero attached hydrogens (tertiary/aromatic N) is 2. The van der Waals surface area contributed by atoms with Crippen LogP contribution in [0.2, 0.25) is 0 Å². The van der Waals surface area contributed by atoms with Crippen molar-refractivity contribution in [3.05, 3.63) is 70.3 Å². The number of carbonyl (C=O) groups is 2. The summed E-state index contributed by atoms with van der Waals surface area (Å²) in [6.07, 6.45) is 1.68. The molecule has 2 N–H and O–H groups in total. The number of nitrogens with one attached hydrogen (secondary N) is 2. The molecule has 0 radical (unpaired) electrons. The van der Waals surface area contributed by atoms with Crippen LogP contribution >= 0.6 is 0 Å². The molecule has 0 bridgehead atoms. The fourth-order valence-electron chi connectivity index (χ4n) is 3.64. The third-order valence-corrected chi connectivity index (χ3v) is 4.95. The number of fused-ring (bicyclic) bond motifs is 2. The molecule has 3 aromatic rings. The monoisotopic (exact) mass is 390 g/mol. The van der Waals surface area contributed by atoms with Crippen LogP contribution in [0.5, 0.6) is 0 Å². The first kappa shape index (κ1) is 18.9. The Balaban J connectivity index is 1.53. The van der Waals surface area contributed by atoms with E-state index in [4.69, 9.17) is 0 Å². The molecule has 148 valence electrons. The van der Waals surface area contributed by atoms with Gasteiger partial charge in [0, 0.05) is 17.8 Å². The number of benzene rings is 2. The van der Waals surface area contributed by atoms with Crippen LogP contribution in [0.15, 0.2) is 53.6 Å². The summed E-state index contributed by atoms with van der Waals surface area (Å²) in [5.74, 6) is -0.0852. The van der Waals surface area contributed by atoms with E-state index in [2.05, 4.69) is 15.6 Å². The van der Waals surface area contributed by atoms with Crippen molar-refractivity contribution < 1.29 is 9.59 Å². The molecule has 0 saturated heterocycles. The van der Waals surface area contributed by atoms with E-state index in [9.17, 15) is 14.4 Å². The summed E-state index contributed by atoms with van der Waals surface area (Å²) < 4.78 is 1.59. The number of hydrogen-bond acceptors (Lipinski definition) is 4. The van der Waals surface area contributed by atoms with Gasteiger partial charge in [-0.25, -0.2) is 4.98 Å². The molecular formula is C22H22N4O3. The maximum absolute atomic E-state index is 12.7. The molecule has 2 heterocycles. The quantitative estimate of drug-likeness (QED) is 0.701. The highest BCUT2D eigenvalue weighted by atomic mass is 16.2. The largest absolute Gasteiger partial charge is 0.345 e. The molecule has 1 unspecified atom stereocenters. The molecule has 0 saturated carbocycles. The van der Waals surface area contributed by atoms with Gasteiger partial charge in [0.15, 0.2) is 0 Å². The second-order valence-electron chi connectivity index (χ2n) is 7.69. The van der Waals surface area contributed by atoms with Crippen molar-refractivity contribution in [3.8, 4) is 0 Å². The molecule has 7 heteroatoms. The van der Waals surface area contributed by atoms with Gasteiger partial charge >= 0.3 is 0 Å². The molecule has 1 aliphatic heterocycles. The van der Waals surface area contributed by atoms with E-state index < -0.39 is 0 Å². The SMILES string of the molecule is CC(C)Cn1cnc2ccc(NC(=O)CC3NC(=O)c4ccccc43)cc2c1=O. The number of aromatic nitrogens is 2. The lowest BCUT2D eigenvalue weighted by Crippen LogP contribution is -2.24. The Morgan fingerprint density at radius 1 is 1.21 bits per heavy atom.